The lowest BCUT2D eigenvalue weighted by Crippen LogP contribution is -2.24. The molecular formula is C11H13F3N4O2. The Morgan fingerprint density at radius 1 is 1.50 bits per heavy atom. The Labute approximate surface area is 112 Å². The standard InChI is InChI=1S/C11H13F3N4O2/c1-20-6-7(19)5-16-10-8-4-9(11(12,13)14)17-18(8)3-2-15-10/h2-4,7,19H,5-6H2,1H3,(H,15,16). The smallest absolute Gasteiger partial charge is 0.389 e. The van der Waals surface area contributed by atoms with Crippen LogP contribution >= 0.6 is 0 Å². The molecule has 0 aliphatic rings. The zero-order valence-electron chi connectivity index (χ0n) is 10.6. The van der Waals surface area contributed by atoms with Crippen LogP contribution in [0.3, 0.4) is 0 Å². The molecule has 6 nitrogen and oxygen atoms in total. The third-order valence-corrected chi connectivity index (χ3v) is 2.54. The van der Waals surface area contributed by atoms with Gasteiger partial charge in [0.25, 0.3) is 0 Å². The van der Waals surface area contributed by atoms with Crippen LogP contribution in [-0.4, -0.2) is 46.1 Å². The third kappa shape index (κ3) is 3.17. The summed E-state index contributed by atoms with van der Waals surface area (Å²) < 4.78 is 43.6. The highest BCUT2D eigenvalue weighted by atomic mass is 19.4. The van der Waals surface area contributed by atoms with Crippen molar-refractivity contribution in [3.63, 3.8) is 0 Å². The van der Waals surface area contributed by atoms with Crippen LogP contribution in [0, 0.1) is 0 Å². The van der Waals surface area contributed by atoms with Crippen LogP contribution in [0.2, 0.25) is 0 Å². The summed E-state index contributed by atoms with van der Waals surface area (Å²) >= 11 is 0. The molecule has 0 spiro atoms. The number of ether oxygens (including phenoxy) is 1. The number of hydrogen-bond acceptors (Lipinski definition) is 5. The molecule has 1 unspecified atom stereocenters. The average molecular weight is 290 g/mol. The van der Waals surface area contributed by atoms with Crippen LogP contribution < -0.4 is 5.32 Å². The van der Waals surface area contributed by atoms with Gasteiger partial charge in [-0.1, -0.05) is 0 Å². The number of alkyl halides is 3. The Balaban J connectivity index is 2.23. The summed E-state index contributed by atoms with van der Waals surface area (Å²) in [7, 11) is 1.44. The Morgan fingerprint density at radius 3 is 2.90 bits per heavy atom. The number of hydrogen-bond donors (Lipinski definition) is 2. The molecule has 0 aliphatic carbocycles. The van der Waals surface area contributed by atoms with E-state index in [1.54, 1.807) is 0 Å². The predicted octanol–water partition coefficient (Wildman–Crippen LogP) is 1.17. The predicted molar refractivity (Wildman–Crippen MR) is 64.4 cm³/mol. The van der Waals surface area contributed by atoms with E-state index < -0.39 is 18.0 Å². The van der Waals surface area contributed by atoms with Crippen LogP contribution in [0.25, 0.3) is 5.52 Å². The van der Waals surface area contributed by atoms with Gasteiger partial charge < -0.3 is 15.2 Å². The SMILES string of the molecule is COCC(O)CNc1nccn2nc(C(F)(F)F)cc12. The molecule has 20 heavy (non-hydrogen) atoms. The number of halogens is 3. The zero-order chi connectivity index (χ0) is 14.8. The van der Waals surface area contributed by atoms with E-state index in [1.165, 1.54) is 19.5 Å². The van der Waals surface area contributed by atoms with E-state index >= 15 is 0 Å². The minimum absolute atomic E-state index is 0.104. The zero-order valence-corrected chi connectivity index (χ0v) is 10.6. The average Bonchev–Trinajstić information content (AvgIpc) is 2.81. The second-order valence-corrected chi connectivity index (χ2v) is 4.12. The summed E-state index contributed by atoms with van der Waals surface area (Å²) in [5, 5.41) is 15.7. The summed E-state index contributed by atoms with van der Waals surface area (Å²) in [5.74, 6) is 0.214. The number of fused-ring (bicyclic) bond motifs is 1. The fourth-order valence-electron chi connectivity index (χ4n) is 1.66. The molecule has 2 aromatic rings. The number of aliphatic hydroxyl groups is 1. The summed E-state index contributed by atoms with van der Waals surface area (Å²) in [4.78, 5) is 3.94. The molecule has 2 N–H and O–H groups in total. The summed E-state index contributed by atoms with van der Waals surface area (Å²) in [6.45, 7) is 0.218. The molecule has 0 saturated carbocycles. The maximum atomic E-state index is 12.6. The van der Waals surface area contributed by atoms with E-state index in [2.05, 4.69) is 15.4 Å². The molecule has 2 heterocycles. The Hall–Kier alpha value is -1.87. The molecule has 1 atom stereocenters. The number of anilines is 1. The first-order valence-electron chi connectivity index (χ1n) is 5.74. The third-order valence-electron chi connectivity index (χ3n) is 2.54. The van der Waals surface area contributed by atoms with Crippen molar-refractivity contribution < 1.29 is 23.0 Å². The van der Waals surface area contributed by atoms with E-state index in [-0.39, 0.29) is 24.5 Å². The molecule has 0 aromatic carbocycles. The highest BCUT2D eigenvalue weighted by Crippen LogP contribution is 2.29. The highest BCUT2D eigenvalue weighted by molar-refractivity contribution is 5.67. The van der Waals surface area contributed by atoms with Crippen molar-refractivity contribution in [3.8, 4) is 0 Å². The molecule has 0 saturated heterocycles. The van der Waals surface area contributed by atoms with E-state index in [1.807, 2.05) is 0 Å². The topological polar surface area (TPSA) is 71.7 Å². The van der Waals surface area contributed by atoms with Crippen molar-refractivity contribution in [2.45, 2.75) is 12.3 Å². The van der Waals surface area contributed by atoms with Crippen molar-refractivity contribution in [1.29, 1.82) is 0 Å². The van der Waals surface area contributed by atoms with Crippen molar-refractivity contribution in [1.82, 2.24) is 14.6 Å². The van der Waals surface area contributed by atoms with Gasteiger partial charge in [-0.25, -0.2) is 9.50 Å². The Morgan fingerprint density at radius 2 is 2.25 bits per heavy atom. The molecule has 9 heteroatoms. The van der Waals surface area contributed by atoms with Gasteiger partial charge in [-0.2, -0.15) is 18.3 Å². The van der Waals surface area contributed by atoms with Crippen molar-refractivity contribution in [2.75, 3.05) is 25.6 Å². The maximum Gasteiger partial charge on any atom is 0.435 e. The maximum absolute atomic E-state index is 12.6. The lowest BCUT2D eigenvalue weighted by molar-refractivity contribution is -0.141. The number of aromatic nitrogens is 3. The first-order valence-corrected chi connectivity index (χ1v) is 5.74. The van der Waals surface area contributed by atoms with E-state index in [9.17, 15) is 18.3 Å². The van der Waals surface area contributed by atoms with Crippen LogP contribution in [0.15, 0.2) is 18.5 Å². The normalized spacial score (nSPS) is 13.7. The molecule has 110 valence electrons. The van der Waals surface area contributed by atoms with Crippen LogP contribution in [0.5, 0.6) is 0 Å². The van der Waals surface area contributed by atoms with Gasteiger partial charge in [0.15, 0.2) is 11.5 Å². The molecule has 2 rings (SSSR count). The fourth-order valence-corrected chi connectivity index (χ4v) is 1.66. The fraction of sp³-hybridized carbons (Fsp3) is 0.455. The number of methoxy groups -OCH3 is 1. The summed E-state index contributed by atoms with van der Waals surface area (Å²) in [6, 6.07) is 0.901. The van der Waals surface area contributed by atoms with Crippen molar-refractivity contribution in [2.24, 2.45) is 0 Å². The van der Waals surface area contributed by atoms with Gasteiger partial charge in [0, 0.05) is 32.1 Å². The highest BCUT2D eigenvalue weighted by Gasteiger charge is 2.34. The molecule has 0 aliphatic heterocycles. The quantitative estimate of drug-likeness (QED) is 0.865. The van der Waals surface area contributed by atoms with Gasteiger partial charge in [-0.3, -0.25) is 0 Å². The summed E-state index contributed by atoms with van der Waals surface area (Å²) in [5.41, 5.74) is -0.810. The van der Waals surface area contributed by atoms with Gasteiger partial charge in [-0.05, 0) is 0 Å². The van der Waals surface area contributed by atoms with Gasteiger partial charge in [0.1, 0.15) is 5.52 Å². The second-order valence-electron chi connectivity index (χ2n) is 4.12. The number of nitrogens with zero attached hydrogens (tertiary/aromatic N) is 3. The molecular weight excluding hydrogens is 277 g/mol. The first-order chi connectivity index (χ1) is 9.41. The van der Waals surface area contributed by atoms with Gasteiger partial charge >= 0.3 is 6.18 Å². The van der Waals surface area contributed by atoms with Gasteiger partial charge in [0.2, 0.25) is 0 Å². The lowest BCUT2D eigenvalue weighted by atomic mass is 10.3. The minimum atomic E-state index is -4.52. The molecule has 0 amide bonds. The molecule has 0 fully saturated rings. The number of rotatable bonds is 5. The van der Waals surface area contributed by atoms with E-state index in [4.69, 9.17) is 4.74 Å². The molecule has 2 aromatic heterocycles. The first kappa shape index (κ1) is 14.5. The summed E-state index contributed by atoms with van der Waals surface area (Å²) in [6.07, 6.45) is -2.65. The number of nitrogens with one attached hydrogen (secondary N) is 1. The van der Waals surface area contributed by atoms with E-state index in [0.717, 1.165) is 10.6 Å². The largest absolute Gasteiger partial charge is 0.435 e. The monoisotopic (exact) mass is 290 g/mol. The van der Waals surface area contributed by atoms with Gasteiger partial charge in [-0.15, -0.1) is 0 Å². The van der Waals surface area contributed by atoms with Crippen LogP contribution in [0.1, 0.15) is 5.69 Å². The molecule has 0 radical (unpaired) electrons. The minimum Gasteiger partial charge on any atom is -0.389 e. The second kappa shape index (κ2) is 5.63. The van der Waals surface area contributed by atoms with Gasteiger partial charge in [0.05, 0.1) is 12.7 Å². The van der Waals surface area contributed by atoms with Crippen LogP contribution in [-0.2, 0) is 10.9 Å². The number of aliphatic hydroxyl groups excluding tert-OH is 1. The Kier molecular flexibility index (Phi) is 4.09. The van der Waals surface area contributed by atoms with E-state index in [0.29, 0.717) is 0 Å². The Bertz CT molecular complexity index is 585. The molecule has 0 bridgehead atoms. The van der Waals surface area contributed by atoms with Crippen molar-refractivity contribution >= 4 is 11.3 Å². The lowest BCUT2D eigenvalue weighted by Gasteiger charge is -2.11. The van der Waals surface area contributed by atoms with Crippen molar-refractivity contribution in [3.05, 3.63) is 24.2 Å². The van der Waals surface area contributed by atoms with Crippen LogP contribution in [0.4, 0.5) is 19.0 Å².